The summed E-state index contributed by atoms with van der Waals surface area (Å²) in [4.78, 5) is 60.2. The molecule has 2 aliphatic heterocycles. The number of benzene rings is 1. The Labute approximate surface area is 302 Å². The molecule has 0 bridgehead atoms. The molecular weight excluding hydrogens is 694 g/mol. The summed E-state index contributed by atoms with van der Waals surface area (Å²) in [7, 11) is -0.952. The Morgan fingerprint density at radius 3 is 2.50 bits per heavy atom. The van der Waals surface area contributed by atoms with Crippen LogP contribution in [0.25, 0.3) is 10.8 Å². The van der Waals surface area contributed by atoms with Crippen molar-refractivity contribution in [3.63, 3.8) is 0 Å². The molecule has 0 radical (unpaired) electrons. The Balaban J connectivity index is 1.34. The first-order valence-electron chi connectivity index (χ1n) is 17.7. The number of sulfonamides is 1. The zero-order chi connectivity index (χ0) is 37.6. The van der Waals surface area contributed by atoms with Crippen LogP contribution in [0.5, 0.6) is 17.4 Å². The summed E-state index contributed by atoms with van der Waals surface area (Å²) in [5.41, 5.74) is -1.56. The van der Waals surface area contributed by atoms with Gasteiger partial charge in [0.15, 0.2) is 0 Å². The van der Waals surface area contributed by atoms with Crippen LogP contribution >= 0.6 is 0 Å². The lowest BCUT2D eigenvalue weighted by atomic mass is 9.92. The fourth-order valence-corrected chi connectivity index (χ4v) is 8.57. The van der Waals surface area contributed by atoms with Crippen molar-refractivity contribution < 1.29 is 46.9 Å². The van der Waals surface area contributed by atoms with Crippen LogP contribution in [0.1, 0.15) is 65.7 Å². The molecule has 3 fully saturated rings. The highest BCUT2D eigenvalue weighted by atomic mass is 32.2. The highest BCUT2D eigenvalue weighted by Crippen LogP contribution is 2.48. The van der Waals surface area contributed by atoms with Crippen LogP contribution < -0.4 is 29.6 Å². The van der Waals surface area contributed by atoms with Crippen LogP contribution in [-0.4, -0.2) is 96.5 Å². The van der Waals surface area contributed by atoms with Crippen molar-refractivity contribution in [3.8, 4) is 17.4 Å². The third-order valence-electron chi connectivity index (χ3n) is 11.1. The maximum absolute atomic E-state index is 14.3. The number of methoxy groups -OCH3 is 2. The Bertz CT molecular complexity index is 1900. The van der Waals surface area contributed by atoms with E-state index < -0.39 is 74.1 Å². The van der Waals surface area contributed by atoms with Crippen LogP contribution in [0, 0.1) is 17.8 Å². The van der Waals surface area contributed by atoms with Gasteiger partial charge in [0.2, 0.25) is 27.7 Å². The number of nitrogens with one attached hydrogen (secondary N) is 3. The van der Waals surface area contributed by atoms with Gasteiger partial charge in [0.25, 0.3) is 5.91 Å². The minimum atomic E-state index is -4.01. The van der Waals surface area contributed by atoms with Gasteiger partial charge >= 0.3 is 6.09 Å². The predicted octanol–water partition coefficient (Wildman–Crippen LogP) is 3.12. The Morgan fingerprint density at radius 1 is 1.08 bits per heavy atom. The minimum absolute atomic E-state index is 0.0112. The fraction of sp³-hybridized carbons (Fsp3) is 0.583. The third-order valence-corrected chi connectivity index (χ3v) is 13.2. The summed E-state index contributed by atoms with van der Waals surface area (Å²) in [6, 6.07) is 2.94. The van der Waals surface area contributed by atoms with Crippen LogP contribution in [0.15, 0.2) is 36.5 Å². The molecule has 4 amide bonds. The molecule has 2 saturated carbocycles. The van der Waals surface area contributed by atoms with Crippen LogP contribution in [0.3, 0.4) is 0 Å². The Hall–Kier alpha value is -4.60. The van der Waals surface area contributed by atoms with Gasteiger partial charge in [-0.05, 0) is 69.1 Å². The standard InChI is InChI=1S/C36H47N5O10S/c1-20-7-6-8-21(2)29(38-34(45)46)32(43)41-19-24(51-31-25-12-11-23(49-4)15-26(25)28(50-5)18-37-31)16-27(41)30(42)39-36(17-22(36)10-9-20)33(44)40-52(47,48)35(3)13-14-35/h9-12,15,18,20-22,24,27,29,38H,6-8,13-14,16-17,19H2,1-5H3,(H,39,42)(H,40,44)(H,45,46)/t20-,21-,22-,24-,27+,29+,36-/m1/s1. The van der Waals surface area contributed by atoms with Gasteiger partial charge in [-0.15, -0.1) is 0 Å². The highest BCUT2D eigenvalue weighted by molar-refractivity contribution is 7.91. The van der Waals surface area contributed by atoms with Crippen LogP contribution in [0.4, 0.5) is 4.79 Å². The zero-order valence-corrected chi connectivity index (χ0v) is 30.8. The van der Waals surface area contributed by atoms with E-state index in [4.69, 9.17) is 14.2 Å². The van der Waals surface area contributed by atoms with Crippen molar-refractivity contribution >= 4 is 44.6 Å². The molecule has 2 aromatic rings. The number of carbonyl (C=O) groups excluding carboxylic acids is 3. The minimum Gasteiger partial charge on any atom is -0.497 e. The Morgan fingerprint density at radius 2 is 1.83 bits per heavy atom. The topological polar surface area (TPSA) is 203 Å². The number of rotatable bonds is 8. The van der Waals surface area contributed by atoms with E-state index in [0.717, 1.165) is 6.42 Å². The van der Waals surface area contributed by atoms with Crippen molar-refractivity contribution in [3.05, 3.63) is 36.5 Å². The number of carbonyl (C=O) groups is 4. The molecule has 52 heavy (non-hydrogen) atoms. The fourth-order valence-electron chi connectivity index (χ4n) is 7.26. The second-order valence-corrected chi connectivity index (χ2v) is 17.1. The lowest BCUT2D eigenvalue weighted by Crippen LogP contribution is -2.59. The predicted molar refractivity (Wildman–Crippen MR) is 189 cm³/mol. The number of aromatic nitrogens is 1. The van der Waals surface area contributed by atoms with Crippen molar-refractivity contribution in [1.82, 2.24) is 25.2 Å². The molecule has 3 heterocycles. The van der Waals surface area contributed by atoms with E-state index in [-0.39, 0.29) is 31.2 Å². The van der Waals surface area contributed by atoms with Crippen LogP contribution in [-0.2, 0) is 24.4 Å². The summed E-state index contributed by atoms with van der Waals surface area (Å²) >= 11 is 0. The number of fused-ring (bicyclic) bond motifs is 3. The van der Waals surface area contributed by atoms with Gasteiger partial charge in [0.1, 0.15) is 35.2 Å². The number of nitrogens with zero attached hydrogens (tertiary/aromatic N) is 2. The van der Waals surface area contributed by atoms with Gasteiger partial charge in [-0.1, -0.05) is 32.4 Å². The zero-order valence-electron chi connectivity index (χ0n) is 30.0. The molecule has 7 atom stereocenters. The maximum atomic E-state index is 14.3. The SMILES string of the molecule is COc1ccc2c(O[C@@H]3C[C@H]4C(=O)N[C@]5(C(=O)NS(=O)(=O)C6(C)CC6)C[C@H]5C=C[C@H](C)CCC[C@@H](C)[C@H](NC(=O)O)C(=O)N4C3)ncc(OC)c2c1. The molecule has 2 aliphatic carbocycles. The third kappa shape index (κ3) is 7.21. The summed E-state index contributed by atoms with van der Waals surface area (Å²) in [6.45, 7) is 5.29. The van der Waals surface area contributed by atoms with Crippen LogP contribution in [0.2, 0.25) is 0 Å². The molecule has 0 spiro atoms. The van der Waals surface area contributed by atoms with Crippen molar-refractivity contribution in [2.75, 3.05) is 20.8 Å². The molecule has 1 aromatic heterocycles. The average Bonchev–Trinajstić information content (AvgIpc) is 3.99. The molecule has 1 saturated heterocycles. The van der Waals surface area contributed by atoms with Crippen molar-refractivity contribution in [2.24, 2.45) is 17.8 Å². The van der Waals surface area contributed by atoms with E-state index in [1.165, 1.54) is 18.2 Å². The number of hydrogen-bond acceptors (Lipinski definition) is 10. The lowest BCUT2D eigenvalue weighted by molar-refractivity contribution is -0.142. The summed E-state index contributed by atoms with van der Waals surface area (Å²) in [6.07, 6.45) is 6.14. The first-order valence-corrected chi connectivity index (χ1v) is 19.1. The highest BCUT2D eigenvalue weighted by Gasteiger charge is 2.63. The quantitative estimate of drug-likeness (QED) is 0.290. The first-order chi connectivity index (χ1) is 24.6. The van der Waals surface area contributed by atoms with E-state index in [1.807, 2.05) is 19.1 Å². The maximum Gasteiger partial charge on any atom is 0.405 e. The summed E-state index contributed by atoms with van der Waals surface area (Å²) in [5, 5.41) is 16.2. The van der Waals surface area contributed by atoms with Gasteiger partial charge in [0.05, 0.1) is 31.7 Å². The van der Waals surface area contributed by atoms with Gasteiger partial charge < -0.3 is 34.9 Å². The second-order valence-electron chi connectivity index (χ2n) is 14.9. The van der Waals surface area contributed by atoms with Gasteiger partial charge in [0, 0.05) is 23.1 Å². The number of pyridine rings is 1. The molecule has 282 valence electrons. The van der Waals surface area contributed by atoms with E-state index in [9.17, 15) is 32.7 Å². The van der Waals surface area contributed by atoms with Gasteiger partial charge in [-0.2, -0.15) is 0 Å². The molecule has 1 aromatic carbocycles. The molecule has 4 aliphatic rings. The Kier molecular flexibility index (Phi) is 10.1. The molecule has 0 unspecified atom stereocenters. The largest absolute Gasteiger partial charge is 0.497 e. The van der Waals surface area contributed by atoms with Gasteiger partial charge in [-0.25, -0.2) is 18.2 Å². The molecule has 4 N–H and O–H groups in total. The molecular formula is C36H47N5O10S. The second kappa shape index (κ2) is 14.1. The van der Waals surface area contributed by atoms with Gasteiger partial charge in [-0.3, -0.25) is 19.1 Å². The molecule has 16 heteroatoms. The lowest BCUT2D eigenvalue weighted by Gasteiger charge is -2.31. The van der Waals surface area contributed by atoms with E-state index in [2.05, 4.69) is 20.3 Å². The summed E-state index contributed by atoms with van der Waals surface area (Å²) < 4.78 is 44.7. The molecule has 6 rings (SSSR count). The smallest absolute Gasteiger partial charge is 0.405 e. The van der Waals surface area contributed by atoms with E-state index in [1.54, 1.807) is 39.2 Å². The number of allylic oxidation sites excluding steroid dienone is 1. The number of carboxylic acid groups (broad SMARTS) is 1. The number of hydrogen-bond donors (Lipinski definition) is 4. The average molecular weight is 742 g/mol. The first kappa shape index (κ1) is 37.2. The summed E-state index contributed by atoms with van der Waals surface area (Å²) in [5.74, 6) is -1.62. The molecule has 15 nitrogen and oxygen atoms in total. The van der Waals surface area contributed by atoms with Crippen molar-refractivity contribution in [2.45, 2.75) is 94.2 Å². The van der Waals surface area contributed by atoms with Crippen molar-refractivity contribution in [1.29, 1.82) is 0 Å². The normalized spacial score (nSPS) is 30.1. The van der Waals surface area contributed by atoms with E-state index >= 15 is 0 Å². The number of ether oxygens (including phenoxy) is 3. The van der Waals surface area contributed by atoms with E-state index in [0.29, 0.717) is 48.0 Å². The monoisotopic (exact) mass is 741 g/mol. The number of amides is 4.